The largest absolute Gasteiger partial charge is 0.361 e. The minimum atomic E-state index is -0.0662. The van der Waals surface area contributed by atoms with Crippen LogP contribution in [0.15, 0.2) is 10.7 Å². The monoisotopic (exact) mass is 180 g/mol. The summed E-state index contributed by atoms with van der Waals surface area (Å²) in [5.41, 5.74) is 0.548. The van der Waals surface area contributed by atoms with E-state index in [9.17, 15) is 4.79 Å². The third kappa shape index (κ3) is 1.56. The van der Waals surface area contributed by atoms with Gasteiger partial charge in [0.25, 0.3) is 5.91 Å². The first kappa shape index (κ1) is 8.29. The molecule has 1 aliphatic rings. The summed E-state index contributed by atoms with van der Waals surface area (Å²) < 4.78 is 4.81. The molecule has 1 saturated carbocycles. The highest BCUT2D eigenvalue weighted by Gasteiger charge is 2.21. The quantitative estimate of drug-likeness (QED) is 0.745. The molecule has 13 heavy (non-hydrogen) atoms. The molecule has 0 aromatic carbocycles. The zero-order chi connectivity index (χ0) is 9.26. The summed E-state index contributed by atoms with van der Waals surface area (Å²) in [6.45, 7) is 1.74. The van der Waals surface area contributed by atoms with Gasteiger partial charge in [0.1, 0.15) is 11.3 Å². The molecule has 0 bridgehead atoms. The van der Waals surface area contributed by atoms with Crippen LogP contribution in [-0.2, 0) is 0 Å². The van der Waals surface area contributed by atoms with Gasteiger partial charge < -0.3 is 9.84 Å². The third-order valence-electron chi connectivity index (χ3n) is 2.44. The number of nitrogens with zero attached hydrogens (tertiary/aromatic N) is 1. The number of aryl methyl sites for hydroxylation is 1. The Bertz CT molecular complexity index is 315. The van der Waals surface area contributed by atoms with Crippen LogP contribution in [0.5, 0.6) is 0 Å². The molecule has 0 atom stereocenters. The second kappa shape index (κ2) is 3.20. The van der Waals surface area contributed by atoms with Crippen LogP contribution in [0.1, 0.15) is 35.4 Å². The second-order valence-corrected chi connectivity index (χ2v) is 3.40. The topological polar surface area (TPSA) is 55.1 Å². The van der Waals surface area contributed by atoms with Crippen LogP contribution in [-0.4, -0.2) is 17.1 Å². The first-order valence-corrected chi connectivity index (χ1v) is 4.49. The SMILES string of the molecule is Cc1oncc1C(=O)NC1CCC1. The van der Waals surface area contributed by atoms with Crippen LogP contribution >= 0.6 is 0 Å². The molecule has 1 aliphatic carbocycles. The molecule has 1 amide bonds. The van der Waals surface area contributed by atoms with Crippen LogP contribution in [0, 0.1) is 6.92 Å². The Balaban J connectivity index is 2.00. The molecule has 4 nitrogen and oxygen atoms in total. The summed E-state index contributed by atoms with van der Waals surface area (Å²) >= 11 is 0. The Morgan fingerprint density at radius 2 is 2.46 bits per heavy atom. The minimum absolute atomic E-state index is 0.0662. The normalized spacial score (nSPS) is 16.7. The van der Waals surface area contributed by atoms with Crippen LogP contribution in [0.2, 0.25) is 0 Å². The van der Waals surface area contributed by atoms with E-state index in [-0.39, 0.29) is 5.91 Å². The average Bonchev–Trinajstić information content (AvgIpc) is 2.43. The fourth-order valence-electron chi connectivity index (χ4n) is 1.33. The first-order chi connectivity index (χ1) is 6.27. The van der Waals surface area contributed by atoms with Crippen LogP contribution in [0.25, 0.3) is 0 Å². The van der Waals surface area contributed by atoms with Gasteiger partial charge >= 0.3 is 0 Å². The molecule has 0 spiro atoms. The fraction of sp³-hybridized carbons (Fsp3) is 0.556. The van der Waals surface area contributed by atoms with Crippen LogP contribution < -0.4 is 5.32 Å². The lowest BCUT2D eigenvalue weighted by atomic mass is 9.93. The highest BCUT2D eigenvalue weighted by molar-refractivity contribution is 5.94. The van der Waals surface area contributed by atoms with E-state index in [0.29, 0.717) is 17.4 Å². The third-order valence-corrected chi connectivity index (χ3v) is 2.44. The standard InChI is InChI=1S/C9H12N2O2/c1-6-8(5-10-13-6)9(12)11-7-3-2-4-7/h5,7H,2-4H2,1H3,(H,11,12). The van der Waals surface area contributed by atoms with Gasteiger partial charge in [0, 0.05) is 6.04 Å². The van der Waals surface area contributed by atoms with Crippen LogP contribution in [0.4, 0.5) is 0 Å². The lowest BCUT2D eigenvalue weighted by molar-refractivity contribution is 0.0915. The smallest absolute Gasteiger partial charge is 0.256 e. The molecule has 0 aliphatic heterocycles. The number of rotatable bonds is 2. The molecular formula is C9H12N2O2. The van der Waals surface area contributed by atoms with Gasteiger partial charge in [-0.05, 0) is 26.2 Å². The predicted octanol–water partition coefficient (Wildman–Crippen LogP) is 1.27. The number of hydrogen-bond donors (Lipinski definition) is 1. The van der Waals surface area contributed by atoms with Gasteiger partial charge in [-0.2, -0.15) is 0 Å². The molecule has 4 heteroatoms. The van der Waals surface area contributed by atoms with Crippen molar-refractivity contribution in [3.8, 4) is 0 Å². The van der Waals surface area contributed by atoms with Crippen molar-refractivity contribution in [2.75, 3.05) is 0 Å². The van der Waals surface area contributed by atoms with Gasteiger partial charge in [0.2, 0.25) is 0 Å². The second-order valence-electron chi connectivity index (χ2n) is 3.40. The van der Waals surface area contributed by atoms with Gasteiger partial charge in [-0.25, -0.2) is 0 Å². The molecule has 70 valence electrons. The highest BCUT2D eigenvalue weighted by atomic mass is 16.5. The molecule has 1 aromatic rings. The van der Waals surface area contributed by atoms with E-state index in [1.165, 1.54) is 12.6 Å². The molecule has 1 fully saturated rings. The summed E-state index contributed by atoms with van der Waals surface area (Å²) in [6, 6.07) is 0.363. The number of nitrogens with one attached hydrogen (secondary N) is 1. The Labute approximate surface area is 76.3 Å². The zero-order valence-corrected chi connectivity index (χ0v) is 7.54. The lowest BCUT2D eigenvalue weighted by Crippen LogP contribution is -2.39. The predicted molar refractivity (Wildman–Crippen MR) is 46.3 cm³/mol. The molecule has 1 aromatic heterocycles. The zero-order valence-electron chi connectivity index (χ0n) is 7.54. The van der Waals surface area contributed by atoms with E-state index >= 15 is 0 Å². The summed E-state index contributed by atoms with van der Waals surface area (Å²) in [7, 11) is 0. The fourth-order valence-corrected chi connectivity index (χ4v) is 1.33. The minimum Gasteiger partial charge on any atom is -0.361 e. The molecule has 0 radical (unpaired) electrons. The van der Waals surface area contributed by atoms with Crippen LogP contribution in [0.3, 0.4) is 0 Å². The summed E-state index contributed by atoms with van der Waals surface area (Å²) in [4.78, 5) is 11.5. The Hall–Kier alpha value is -1.32. The van der Waals surface area contributed by atoms with Crippen molar-refractivity contribution in [2.24, 2.45) is 0 Å². The Kier molecular flexibility index (Phi) is 2.04. The van der Waals surface area contributed by atoms with Gasteiger partial charge in [-0.1, -0.05) is 5.16 Å². The van der Waals surface area contributed by atoms with E-state index < -0.39 is 0 Å². The summed E-state index contributed by atoms with van der Waals surface area (Å²) in [5.74, 6) is 0.514. The summed E-state index contributed by atoms with van der Waals surface area (Å²) in [5, 5.41) is 6.48. The molecule has 1 N–H and O–H groups in total. The first-order valence-electron chi connectivity index (χ1n) is 4.49. The maximum Gasteiger partial charge on any atom is 0.256 e. The van der Waals surface area contributed by atoms with E-state index in [0.717, 1.165) is 12.8 Å². The van der Waals surface area contributed by atoms with Gasteiger partial charge in [0.05, 0.1) is 6.20 Å². The molecule has 2 rings (SSSR count). The number of amides is 1. The lowest BCUT2D eigenvalue weighted by Gasteiger charge is -2.26. The van der Waals surface area contributed by atoms with Crippen molar-refractivity contribution in [1.82, 2.24) is 10.5 Å². The average molecular weight is 180 g/mol. The number of hydrogen-bond acceptors (Lipinski definition) is 3. The number of carbonyl (C=O) groups is 1. The maximum atomic E-state index is 11.5. The van der Waals surface area contributed by atoms with Crippen molar-refractivity contribution in [3.63, 3.8) is 0 Å². The van der Waals surface area contributed by atoms with E-state index in [1.54, 1.807) is 6.92 Å². The number of carbonyl (C=O) groups excluding carboxylic acids is 1. The molecule has 0 unspecified atom stereocenters. The molecule has 1 heterocycles. The maximum absolute atomic E-state index is 11.5. The Morgan fingerprint density at radius 3 is 2.92 bits per heavy atom. The van der Waals surface area contributed by atoms with Crippen molar-refractivity contribution < 1.29 is 9.32 Å². The van der Waals surface area contributed by atoms with Gasteiger partial charge in [0.15, 0.2) is 0 Å². The van der Waals surface area contributed by atoms with E-state index in [2.05, 4.69) is 10.5 Å². The van der Waals surface area contributed by atoms with Crippen molar-refractivity contribution >= 4 is 5.91 Å². The molecule has 0 saturated heterocycles. The van der Waals surface area contributed by atoms with Crippen molar-refractivity contribution in [2.45, 2.75) is 32.2 Å². The van der Waals surface area contributed by atoms with Gasteiger partial charge in [-0.15, -0.1) is 0 Å². The summed E-state index contributed by atoms with van der Waals surface area (Å²) in [6.07, 6.45) is 4.86. The van der Waals surface area contributed by atoms with Crippen molar-refractivity contribution in [3.05, 3.63) is 17.5 Å². The number of aromatic nitrogens is 1. The van der Waals surface area contributed by atoms with Gasteiger partial charge in [-0.3, -0.25) is 4.79 Å². The van der Waals surface area contributed by atoms with Crippen molar-refractivity contribution in [1.29, 1.82) is 0 Å². The van der Waals surface area contributed by atoms with E-state index in [1.807, 2.05) is 0 Å². The Morgan fingerprint density at radius 1 is 1.69 bits per heavy atom. The van der Waals surface area contributed by atoms with E-state index in [4.69, 9.17) is 4.52 Å². The molecular weight excluding hydrogens is 168 g/mol. The highest BCUT2D eigenvalue weighted by Crippen LogP contribution is 2.18.